The van der Waals surface area contributed by atoms with Gasteiger partial charge in [0.1, 0.15) is 41.2 Å². The van der Waals surface area contributed by atoms with E-state index in [1.807, 2.05) is 36.4 Å². The van der Waals surface area contributed by atoms with Crippen LogP contribution in [0.25, 0.3) is 0 Å². The van der Waals surface area contributed by atoms with E-state index >= 15 is 0 Å². The molecule has 3 saturated heterocycles. The number of epoxide rings is 2. The Balaban J connectivity index is 1.47. The minimum absolute atomic E-state index is 0.0623. The lowest BCUT2D eigenvalue weighted by Crippen LogP contribution is -2.43. The first kappa shape index (κ1) is 26.3. The summed E-state index contributed by atoms with van der Waals surface area (Å²) in [5, 5.41) is 30.5. The smallest absolute Gasteiger partial charge is 0.148 e. The molecule has 41 heavy (non-hydrogen) atoms. The van der Waals surface area contributed by atoms with Crippen molar-refractivity contribution < 1.29 is 29.5 Å². The van der Waals surface area contributed by atoms with Gasteiger partial charge in [-0.3, -0.25) is 0 Å². The van der Waals surface area contributed by atoms with Gasteiger partial charge in [-0.25, -0.2) is 0 Å². The van der Waals surface area contributed by atoms with Gasteiger partial charge in [0.15, 0.2) is 0 Å². The van der Waals surface area contributed by atoms with Crippen LogP contribution in [-0.2, 0) is 19.8 Å². The first-order chi connectivity index (χ1) is 19.8. The monoisotopic (exact) mass is 552 g/mol. The zero-order valence-corrected chi connectivity index (χ0v) is 23.5. The summed E-state index contributed by atoms with van der Waals surface area (Å²) in [6.45, 7) is 6.66. The van der Waals surface area contributed by atoms with Gasteiger partial charge in [0.05, 0.1) is 12.2 Å². The number of fused-ring (bicyclic) bond motifs is 5. The summed E-state index contributed by atoms with van der Waals surface area (Å²) in [7, 11) is 0. The van der Waals surface area contributed by atoms with Crippen molar-refractivity contribution in [2.75, 3.05) is 0 Å². The highest BCUT2D eigenvalue weighted by molar-refractivity contribution is 5.47. The van der Waals surface area contributed by atoms with Crippen molar-refractivity contribution in [1.82, 2.24) is 0 Å². The van der Waals surface area contributed by atoms with Crippen molar-refractivity contribution in [3.05, 3.63) is 113 Å². The average molecular weight is 553 g/mol. The zero-order valence-electron chi connectivity index (χ0n) is 23.5. The molecule has 3 aromatic rings. The molecule has 3 aromatic carbocycles. The third-order valence-electron chi connectivity index (χ3n) is 9.62. The number of ether oxygens (including phenoxy) is 3. The second-order valence-corrected chi connectivity index (χ2v) is 12.1. The summed E-state index contributed by atoms with van der Waals surface area (Å²) in [5.74, 6) is 1.01. The van der Waals surface area contributed by atoms with E-state index < -0.39 is 11.7 Å². The Morgan fingerprint density at radius 2 is 1.29 bits per heavy atom. The second kappa shape index (κ2) is 9.48. The van der Waals surface area contributed by atoms with E-state index in [9.17, 15) is 15.3 Å². The fourth-order valence-electron chi connectivity index (χ4n) is 7.21. The molecule has 0 radical (unpaired) electrons. The predicted octanol–water partition coefficient (Wildman–Crippen LogP) is 6.52. The molecule has 3 heterocycles. The van der Waals surface area contributed by atoms with Crippen LogP contribution in [-0.4, -0.2) is 39.7 Å². The summed E-state index contributed by atoms with van der Waals surface area (Å²) < 4.78 is 20.7. The summed E-state index contributed by atoms with van der Waals surface area (Å²) in [5.41, 5.74) is 2.52. The molecule has 0 spiro atoms. The molecular formula is C35H36O6. The summed E-state index contributed by atoms with van der Waals surface area (Å²) >= 11 is 0. The van der Waals surface area contributed by atoms with Gasteiger partial charge in [-0.15, -0.1) is 0 Å². The molecule has 3 aliphatic heterocycles. The van der Waals surface area contributed by atoms with Crippen molar-refractivity contribution in [3.63, 3.8) is 0 Å². The fraction of sp³-hybridized carbons (Fsp3) is 0.371. The van der Waals surface area contributed by atoms with Crippen LogP contribution in [0.15, 0.2) is 96.6 Å². The number of benzene rings is 3. The van der Waals surface area contributed by atoms with Crippen molar-refractivity contribution in [2.24, 2.45) is 17.3 Å². The molecule has 3 fully saturated rings. The van der Waals surface area contributed by atoms with Crippen LogP contribution in [0, 0.1) is 17.3 Å². The highest BCUT2D eigenvalue weighted by atomic mass is 16.7. The van der Waals surface area contributed by atoms with E-state index in [1.54, 1.807) is 36.4 Å². The number of hydrogen-bond acceptors (Lipinski definition) is 6. The Hall–Kier alpha value is -3.58. The van der Waals surface area contributed by atoms with Crippen LogP contribution >= 0.6 is 0 Å². The topological polar surface area (TPSA) is 95.0 Å². The SMILES string of the molecule is CCC12C=CC(C(C)C)=CC1C1OC1C(c1ccc(O)cc1)OC(c1ccc(O)cc1)(c1ccc(O)cc1)C1OC12. The zero-order chi connectivity index (χ0) is 28.5. The van der Waals surface area contributed by atoms with E-state index in [-0.39, 0.29) is 53.0 Å². The number of rotatable bonds is 5. The van der Waals surface area contributed by atoms with E-state index in [4.69, 9.17) is 14.2 Å². The molecular weight excluding hydrogens is 516 g/mol. The minimum atomic E-state index is -1.07. The number of aromatic hydroxyl groups is 3. The molecule has 1 aliphatic carbocycles. The van der Waals surface area contributed by atoms with Gasteiger partial charge < -0.3 is 29.5 Å². The maximum absolute atomic E-state index is 10.2. The summed E-state index contributed by atoms with van der Waals surface area (Å²) in [6, 6.07) is 21.4. The molecule has 0 amide bonds. The fourth-order valence-corrected chi connectivity index (χ4v) is 7.21. The first-order valence-corrected chi connectivity index (χ1v) is 14.5. The quantitative estimate of drug-likeness (QED) is 0.312. The molecule has 3 N–H and O–H groups in total. The van der Waals surface area contributed by atoms with Crippen LogP contribution in [0.5, 0.6) is 17.2 Å². The lowest BCUT2D eigenvalue weighted by molar-refractivity contribution is -0.0990. The van der Waals surface area contributed by atoms with Gasteiger partial charge >= 0.3 is 0 Å². The Bertz CT molecular complexity index is 1440. The Morgan fingerprint density at radius 3 is 1.83 bits per heavy atom. The van der Waals surface area contributed by atoms with Gasteiger partial charge in [0.2, 0.25) is 0 Å². The number of allylic oxidation sites excluding steroid dienone is 2. The predicted molar refractivity (Wildman–Crippen MR) is 155 cm³/mol. The molecule has 7 unspecified atom stereocenters. The van der Waals surface area contributed by atoms with E-state index in [0.29, 0.717) is 5.92 Å². The minimum Gasteiger partial charge on any atom is -0.508 e. The van der Waals surface area contributed by atoms with Gasteiger partial charge in [-0.05, 0) is 71.0 Å². The van der Waals surface area contributed by atoms with Gasteiger partial charge in [-0.2, -0.15) is 0 Å². The average Bonchev–Trinajstić information content (AvgIpc) is 3.91. The highest BCUT2D eigenvalue weighted by Gasteiger charge is 2.71. The first-order valence-electron chi connectivity index (χ1n) is 14.5. The number of hydrogen-bond donors (Lipinski definition) is 3. The van der Waals surface area contributed by atoms with E-state index in [0.717, 1.165) is 23.1 Å². The third-order valence-corrected chi connectivity index (χ3v) is 9.62. The maximum Gasteiger partial charge on any atom is 0.148 e. The van der Waals surface area contributed by atoms with Crippen LogP contribution < -0.4 is 0 Å². The van der Waals surface area contributed by atoms with E-state index in [1.165, 1.54) is 5.57 Å². The summed E-state index contributed by atoms with van der Waals surface area (Å²) in [4.78, 5) is 0. The van der Waals surface area contributed by atoms with Crippen LogP contribution in [0.2, 0.25) is 0 Å². The molecule has 4 aliphatic rings. The summed E-state index contributed by atoms with van der Waals surface area (Å²) in [6.07, 6.45) is 6.66. The standard InChI is InChI=1S/C35H36O6/c1-4-34-18-17-22(20(2)3)19-28(34)30-31(39-30)29(21-5-11-25(36)12-6-21)41-35(33-32(34)40-33,23-7-13-26(37)14-8-23)24-9-15-27(38)16-10-24/h5-20,28-33,36-38H,4H2,1-3H3. The number of phenolic OH excluding ortho intramolecular Hbond substituents is 3. The van der Waals surface area contributed by atoms with Gasteiger partial charge in [0, 0.05) is 11.3 Å². The molecule has 6 heteroatoms. The molecule has 0 aromatic heterocycles. The Kier molecular flexibility index (Phi) is 6.09. The Labute approximate surface area is 240 Å². The van der Waals surface area contributed by atoms with Crippen LogP contribution in [0.3, 0.4) is 0 Å². The molecule has 7 atom stereocenters. The largest absolute Gasteiger partial charge is 0.508 e. The van der Waals surface area contributed by atoms with Crippen LogP contribution in [0.1, 0.15) is 50.0 Å². The van der Waals surface area contributed by atoms with Crippen molar-refractivity contribution in [1.29, 1.82) is 0 Å². The highest BCUT2D eigenvalue weighted by Crippen LogP contribution is 2.64. The molecule has 7 rings (SSSR count). The molecule has 212 valence electrons. The van der Waals surface area contributed by atoms with Gasteiger partial charge in [0.25, 0.3) is 0 Å². The lowest BCUT2D eigenvalue weighted by atomic mass is 9.63. The molecule has 0 saturated carbocycles. The van der Waals surface area contributed by atoms with Crippen molar-refractivity contribution in [3.8, 4) is 17.2 Å². The van der Waals surface area contributed by atoms with Crippen molar-refractivity contribution >= 4 is 0 Å². The maximum atomic E-state index is 10.2. The third kappa shape index (κ3) is 4.11. The normalized spacial score (nSPS) is 32.9. The molecule has 0 bridgehead atoms. The second-order valence-electron chi connectivity index (χ2n) is 12.1. The van der Waals surface area contributed by atoms with Crippen LogP contribution in [0.4, 0.5) is 0 Å². The lowest BCUT2D eigenvalue weighted by Gasteiger charge is -2.40. The molecule has 6 nitrogen and oxygen atoms in total. The number of phenols is 3. The Morgan fingerprint density at radius 1 is 0.732 bits per heavy atom. The van der Waals surface area contributed by atoms with E-state index in [2.05, 4.69) is 39.0 Å². The van der Waals surface area contributed by atoms with Crippen molar-refractivity contribution in [2.45, 2.75) is 63.3 Å². The van der Waals surface area contributed by atoms with Gasteiger partial charge in [-0.1, -0.05) is 75.4 Å².